The fourth-order valence-corrected chi connectivity index (χ4v) is 2.64. The smallest absolute Gasteiger partial charge is 0.123 e. The SMILES string of the molecule is NC(Cc1cccc(F)c1)c1ccc(Br)cc1Cl. The quantitative estimate of drug-likeness (QED) is 0.883. The van der Waals surface area contributed by atoms with E-state index >= 15 is 0 Å². The summed E-state index contributed by atoms with van der Waals surface area (Å²) < 4.78 is 14.0. The van der Waals surface area contributed by atoms with Gasteiger partial charge in [0.1, 0.15) is 5.82 Å². The number of hydrogen-bond donors (Lipinski definition) is 1. The maximum Gasteiger partial charge on any atom is 0.123 e. The summed E-state index contributed by atoms with van der Waals surface area (Å²) in [6.45, 7) is 0. The van der Waals surface area contributed by atoms with Gasteiger partial charge in [0, 0.05) is 15.5 Å². The summed E-state index contributed by atoms with van der Waals surface area (Å²) in [5.74, 6) is -0.249. The van der Waals surface area contributed by atoms with Gasteiger partial charge in [0.25, 0.3) is 0 Å². The van der Waals surface area contributed by atoms with Crippen molar-refractivity contribution in [1.82, 2.24) is 0 Å². The highest BCUT2D eigenvalue weighted by atomic mass is 79.9. The first kappa shape index (κ1) is 13.5. The lowest BCUT2D eigenvalue weighted by Crippen LogP contribution is -2.14. The minimum atomic E-state index is -0.249. The van der Waals surface area contributed by atoms with Crippen LogP contribution in [0.5, 0.6) is 0 Å². The maximum absolute atomic E-state index is 13.1. The van der Waals surface area contributed by atoms with Crippen LogP contribution < -0.4 is 5.73 Å². The van der Waals surface area contributed by atoms with E-state index in [1.807, 2.05) is 24.3 Å². The summed E-state index contributed by atoms with van der Waals surface area (Å²) >= 11 is 9.48. The van der Waals surface area contributed by atoms with E-state index in [4.69, 9.17) is 17.3 Å². The molecule has 0 aliphatic heterocycles. The van der Waals surface area contributed by atoms with Crippen LogP contribution in [0.15, 0.2) is 46.9 Å². The standard InChI is InChI=1S/C14H12BrClFN/c15-10-4-5-12(13(16)8-10)14(18)7-9-2-1-3-11(17)6-9/h1-6,8,14H,7,18H2. The molecule has 0 aromatic heterocycles. The van der Waals surface area contributed by atoms with Crippen LogP contribution in [-0.2, 0) is 6.42 Å². The average molecular weight is 329 g/mol. The van der Waals surface area contributed by atoms with Gasteiger partial charge in [-0.15, -0.1) is 0 Å². The topological polar surface area (TPSA) is 26.0 Å². The van der Waals surface area contributed by atoms with Crippen LogP contribution in [0.1, 0.15) is 17.2 Å². The predicted octanol–water partition coefficient (Wildman–Crippen LogP) is 4.48. The van der Waals surface area contributed by atoms with Crippen molar-refractivity contribution in [2.24, 2.45) is 5.73 Å². The van der Waals surface area contributed by atoms with E-state index in [0.29, 0.717) is 11.4 Å². The number of nitrogens with two attached hydrogens (primary N) is 1. The molecule has 2 N–H and O–H groups in total. The lowest BCUT2D eigenvalue weighted by Gasteiger charge is -2.14. The minimum Gasteiger partial charge on any atom is -0.324 e. The van der Waals surface area contributed by atoms with E-state index in [-0.39, 0.29) is 11.9 Å². The zero-order valence-electron chi connectivity index (χ0n) is 9.54. The van der Waals surface area contributed by atoms with Crippen LogP contribution in [0.25, 0.3) is 0 Å². The molecule has 0 amide bonds. The summed E-state index contributed by atoms with van der Waals surface area (Å²) in [7, 11) is 0. The number of hydrogen-bond acceptors (Lipinski definition) is 1. The van der Waals surface area contributed by atoms with Gasteiger partial charge in [-0.05, 0) is 41.8 Å². The van der Waals surface area contributed by atoms with E-state index in [2.05, 4.69) is 15.9 Å². The second kappa shape index (κ2) is 5.83. The molecule has 2 aromatic rings. The average Bonchev–Trinajstić information content (AvgIpc) is 2.28. The molecule has 0 radical (unpaired) electrons. The molecule has 1 nitrogen and oxygen atoms in total. The van der Waals surface area contributed by atoms with Crippen molar-refractivity contribution >= 4 is 27.5 Å². The van der Waals surface area contributed by atoms with Crippen LogP contribution in [-0.4, -0.2) is 0 Å². The van der Waals surface area contributed by atoms with E-state index in [1.54, 1.807) is 6.07 Å². The maximum atomic E-state index is 13.1. The van der Waals surface area contributed by atoms with Gasteiger partial charge in [0.15, 0.2) is 0 Å². The third-order valence-electron chi connectivity index (χ3n) is 2.71. The van der Waals surface area contributed by atoms with E-state index < -0.39 is 0 Å². The Balaban J connectivity index is 2.19. The highest BCUT2D eigenvalue weighted by molar-refractivity contribution is 9.10. The van der Waals surface area contributed by atoms with Gasteiger partial charge in [-0.2, -0.15) is 0 Å². The summed E-state index contributed by atoms with van der Waals surface area (Å²) in [5, 5.41) is 0.619. The van der Waals surface area contributed by atoms with Gasteiger partial charge in [0.2, 0.25) is 0 Å². The van der Waals surface area contributed by atoms with Crippen molar-refractivity contribution in [2.75, 3.05) is 0 Å². The lowest BCUT2D eigenvalue weighted by molar-refractivity contribution is 0.622. The molecular formula is C14H12BrClFN. The molecule has 94 valence electrons. The number of rotatable bonds is 3. The molecule has 0 fully saturated rings. The fraction of sp³-hybridized carbons (Fsp3) is 0.143. The largest absolute Gasteiger partial charge is 0.324 e. The molecule has 2 aromatic carbocycles. The van der Waals surface area contributed by atoms with Crippen molar-refractivity contribution in [3.63, 3.8) is 0 Å². The Morgan fingerprint density at radius 3 is 2.67 bits per heavy atom. The molecule has 0 heterocycles. The fourth-order valence-electron chi connectivity index (χ4n) is 1.83. The molecular weight excluding hydrogens is 317 g/mol. The van der Waals surface area contributed by atoms with Crippen molar-refractivity contribution in [1.29, 1.82) is 0 Å². The first-order chi connectivity index (χ1) is 8.56. The van der Waals surface area contributed by atoms with Crippen molar-refractivity contribution in [2.45, 2.75) is 12.5 Å². The molecule has 4 heteroatoms. The highest BCUT2D eigenvalue weighted by Gasteiger charge is 2.11. The third kappa shape index (κ3) is 3.31. The first-order valence-corrected chi connectivity index (χ1v) is 6.68. The lowest BCUT2D eigenvalue weighted by atomic mass is 10.00. The molecule has 0 bridgehead atoms. The van der Waals surface area contributed by atoms with Gasteiger partial charge in [-0.1, -0.05) is 45.7 Å². The van der Waals surface area contributed by atoms with Crippen molar-refractivity contribution in [3.8, 4) is 0 Å². The van der Waals surface area contributed by atoms with Gasteiger partial charge in [0.05, 0.1) is 0 Å². The zero-order chi connectivity index (χ0) is 13.1. The molecule has 2 rings (SSSR count). The van der Waals surface area contributed by atoms with Gasteiger partial charge < -0.3 is 5.73 Å². The molecule has 0 saturated heterocycles. The van der Waals surface area contributed by atoms with Gasteiger partial charge in [-0.3, -0.25) is 0 Å². The van der Waals surface area contributed by atoms with E-state index in [1.165, 1.54) is 12.1 Å². The Hall–Kier alpha value is -0.900. The monoisotopic (exact) mass is 327 g/mol. The third-order valence-corrected chi connectivity index (χ3v) is 3.53. The van der Waals surface area contributed by atoms with Gasteiger partial charge >= 0.3 is 0 Å². The molecule has 18 heavy (non-hydrogen) atoms. The molecule has 0 aliphatic carbocycles. The molecule has 1 atom stereocenters. The molecule has 0 saturated carbocycles. The number of halogens is 3. The molecule has 0 aliphatic rings. The van der Waals surface area contributed by atoms with Crippen LogP contribution in [0.2, 0.25) is 5.02 Å². The van der Waals surface area contributed by atoms with Crippen LogP contribution >= 0.6 is 27.5 Å². The highest BCUT2D eigenvalue weighted by Crippen LogP contribution is 2.27. The Labute approximate surface area is 119 Å². The summed E-state index contributed by atoms with van der Waals surface area (Å²) in [5.41, 5.74) is 7.83. The van der Waals surface area contributed by atoms with E-state index in [0.717, 1.165) is 15.6 Å². The second-order valence-electron chi connectivity index (χ2n) is 4.11. The zero-order valence-corrected chi connectivity index (χ0v) is 11.9. The predicted molar refractivity (Wildman–Crippen MR) is 76.2 cm³/mol. The first-order valence-electron chi connectivity index (χ1n) is 5.51. The van der Waals surface area contributed by atoms with Crippen molar-refractivity contribution < 1.29 is 4.39 Å². The number of benzene rings is 2. The molecule has 1 unspecified atom stereocenters. The van der Waals surface area contributed by atoms with E-state index in [9.17, 15) is 4.39 Å². The van der Waals surface area contributed by atoms with Crippen LogP contribution in [0.3, 0.4) is 0 Å². The Bertz CT molecular complexity index is 559. The second-order valence-corrected chi connectivity index (χ2v) is 5.43. The van der Waals surface area contributed by atoms with Crippen molar-refractivity contribution in [3.05, 3.63) is 68.9 Å². The Morgan fingerprint density at radius 1 is 1.22 bits per heavy atom. The Kier molecular flexibility index (Phi) is 4.38. The summed E-state index contributed by atoms with van der Waals surface area (Å²) in [6, 6.07) is 11.8. The van der Waals surface area contributed by atoms with Gasteiger partial charge in [-0.25, -0.2) is 4.39 Å². The summed E-state index contributed by atoms with van der Waals surface area (Å²) in [4.78, 5) is 0. The Morgan fingerprint density at radius 2 is 2.00 bits per heavy atom. The molecule has 0 spiro atoms. The summed E-state index contributed by atoms with van der Waals surface area (Å²) in [6.07, 6.45) is 0.555. The van der Waals surface area contributed by atoms with Crippen LogP contribution in [0.4, 0.5) is 4.39 Å². The minimum absolute atomic E-state index is 0.243. The van der Waals surface area contributed by atoms with Crippen LogP contribution in [0, 0.1) is 5.82 Å². The normalized spacial score (nSPS) is 12.4.